The molecule has 1 aliphatic carbocycles. The highest BCUT2D eigenvalue weighted by Gasteiger charge is 2.16. The zero-order valence-corrected chi connectivity index (χ0v) is 7.60. The SMILES string of the molecule is N=C(N)CNC(=O)NC1CCCC1. The Morgan fingerprint density at radius 2 is 2.08 bits per heavy atom. The van der Waals surface area contributed by atoms with Crippen molar-refractivity contribution >= 4 is 11.9 Å². The van der Waals surface area contributed by atoms with Crippen LogP contribution in [0.15, 0.2) is 0 Å². The molecule has 0 aromatic rings. The molecule has 0 bridgehead atoms. The third kappa shape index (κ3) is 3.78. The average molecular weight is 184 g/mol. The van der Waals surface area contributed by atoms with Crippen molar-refractivity contribution in [3.8, 4) is 0 Å². The summed E-state index contributed by atoms with van der Waals surface area (Å²) in [5.41, 5.74) is 5.09. The van der Waals surface area contributed by atoms with Gasteiger partial charge in [-0.05, 0) is 12.8 Å². The van der Waals surface area contributed by atoms with Crippen LogP contribution in [0.5, 0.6) is 0 Å². The first-order chi connectivity index (χ1) is 6.18. The third-order valence-corrected chi connectivity index (χ3v) is 2.13. The van der Waals surface area contributed by atoms with Gasteiger partial charge in [-0.15, -0.1) is 0 Å². The molecule has 0 aliphatic heterocycles. The predicted molar refractivity (Wildman–Crippen MR) is 50.7 cm³/mol. The van der Waals surface area contributed by atoms with Gasteiger partial charge in [-0.2, -0.15) is 0 Å². The molecule has 0 saturated heterocycles. The molecular weight excluding hydrogens is 168 g/mol. The lowest BCUT2D eigenvalue weighted by Crippen LogP contribution is -2.43. The Morgan fingerprint density at radius 3 is 2.62 bits per heavy atom. The van der Waals surface area contributed by atoms with Crippen molar-refractivity contribution in [2.45, 2.75) is 31.7 Å². The third-order valence-electron chi connectivity index (χ3n) is 2.13. The van der Waals surface area contributed by atoms with E-state index >= 15 is 0 Å². The number of hydrogen-bond acceptors (Lipinski definition) is 2. The summed E-state index contributed by atoms with van der Waals surface area (Å²) >= 11 is 0. The van der Waals surface area contributed by atoms with E-state index in [0.717, 1.165) is 12.8 Å². The monoisotopic (exact) mass is 184 g/mol. The molecule has 0 spiro atoms. The number of carbonyl (C=O) groups is 1. The minimum atomic E-state index is -0.220. The number of urea groups is 1. The largest absolute Gasteiger partial charge is 0.386 e. The van der Waals surface area contributed by atoms with E-state index in [-0.39, 0.29) is 18.4 Å². The quantitative estimate of drug-likeness (QED) is 0.372. The fourth-order valence-electron chi connectivity index (χ4n) is 1.48. The van der Waals surface area contributed by atoms with Gasteiger partial charge in [0.15, 0.2) is 0 Å². The van der Waals surface area contributed by atoms with Gasteiger partial charge in [0, 0.05) is 6.04 Å². The lowest BCUT2D eigenvalue weighted by Gasteiger charge is -2.12. The molecule has 1 rings (SSSR count). The number of carbonyl (C=O) groups excluding carboxylic acids is 1. The van der Waals surface area contributed by atoms with Gasteiger partial charge < -0.3 is 16.4 Å². The fraction of sp³-hybridized carbons (Fsp3) is 0.750. The maximum Gasteiger partial charge on any atom is 0.315 e. The standard InChI is InChI=1S/C8H16N4O/c9-7(10)5-11-8(13)12-6-3-1-2-4-6/h6H,1-5H2,(H3,9,10)(H2,11,12,13). The van der Waals surface area contributed by atoms with Crippen molar-refractivity contribution in [1.82, 2.24) is 10.6 Å². The van der Waals surface area contributed by atoms with Crippen LogP contribution in [0, 0.1) is 5.41 Å². The van der Waals surface area contributed by atoms with Crippen LogP contribution in [0.25, 0.3) is 0 Å². The summed E-state index contributed by atoms with van der Waals surface area (Å²) in [5.74, 6) is -0.0263. The van der Waals surface area contributed by atoms with Crippen LogP contribution in [0.2, 0.25) is 0 Å². The maximum absolute atomic E-state index is 11.1. The van der Waals surface area contributed by atoms with Crippen LogP contribution in [0.4, 0.5) is 4.79 Å². The Kier molecular flexibility index (Phi) is 3.54. The lowest BCUT2D eigenvalue weighted by atomic mass is 10.2. The normalized spacial score (nSPS) is 16.9. The predicted octanol–water partition coefficient (Wildman–Crippen LogP) is 0.164. The second kappa shape index (κ2) is 4.69. The Labute approximate surface area is 77.6 Å². The van der Waals surface area contributed by atoms with E-state index in [2.05, 4.69) is 10.6 Å². The second-order valence-corrected chi connectivity index (χ2v) is 3.33. The Hall–Kier alpha value is -1.26. The number of amidine groups is 1. The van der Waals surface area contributed by atoms with Gasteiger partial charge in [-0.1, -0.05) is 12.8 Å². The maximum atomic E-state index is 11.1. The molecule has 0 aromatic carbocycles. The molecular formula is C8H16N4O. The van der Waals surface area contributed by atoms with E-state index in [1.165, 1.54) is 12.8 Å². The van der Waals surface area contributed by atoms with Gasteiger partial charge >= 0.3 is 6.03 Å². The number of nitrogens with two attached hydrogens (primary N) is 1. The molecule has 13 heavy (non-hydrogen) atoms. The number of rotatable bonds is 3. The average Bonchev–Trinajstić information content (AvgIpc) is 2.53. The van der Waals surface area contributed by atoms with Crippen molar-refractivity contribution in [1.29, 1.82) is 5.41 Å². The van der Waals surface area contributed by atoms with E-state index < -0.39 is 0 Å². The van der Waals surface area contributed by atoms with Crippen LogP contribution in [0.1, 0.15) is 25.7 Å². The Bertz CT molecular complexity index is 198. The topological polar surface area (TPSA) is 91.0 Å². The van der Waals surface area contributed by atoms with Crippen molar-refractivity contribution in [2.75, 3.05) is 6.54 Å². The van der Waals surface area contributed by atoms with Gasteiger partial charge in [-0.3, -0.25) is 5.41 Å². The van der Waals surface area contributed by atoms with Gasteiger partial charge in [0.25, 0.3) is 0 Å². The van der Waals surface area contributed by atoms with Crippen LogP contribution < -0.4 is 16.4 Å². The summed E-state index contributed by atoms with van der Waals surface area (Å²) < 4.78 is 0. The highest BCUT2D eigenvalue weighted by Crippen LogP contribution is 2.17. The molecule has 1 fully saturated rings. The number of amides is 2. The van der Waals surface area contributed by atoms with Crippen molar-refractivity contribution in [3.05, 3.63) is 0 Å². The summed E-state index contributed by atoms with van der Waals surface area (Å²) in [7, 11) is 0. The summed E-state index contributed by atoms with van der Waals surface area (Å²) in [4.78, 5) is 11.1. The first-order valence-corrected chi connectivity index (χ1v) is 4.56. The molecule has 0 unspecified atom stereocenters. The molecule has 2 amide bonds. The van der Waals surface area contributed by atoms with E-state index in [1.807, 2.05) is 0 Å². The van der Waals surface area contributed by atoms with Gasteiger partial charge in [0.2, 0.25) is 0 Å². The second-order valence-electron chi connectivity index (χ2n) is 3.33. The van der Waals surface area contributed by atoms with E-state index in [9.17, 15) is 4.79 Å². The lowest BCUT2D eigenvalue weighted by molar-refractivity contribution is 0.238. The molecule has 5 nitrogen and oxygen atoms in total. The minimum absolute atomic E-state index is 0.0263. The fourth-order valence-corrected chi connectivity index (χ4v) is 1.48. The van der Waals surface area contributed by atoms with Gasteiger partial charge in [0.1, 0.15) is 5.84 Å². The van der Waals surface area contributed by atoms with E-state index in [4.69, 9.17) is 11.1 Å². The summed E-state index contributed by atoms with van der Waals surface area (Å²) in [6.07, 6.45) is 4.51. The van der Waals surface area contributed by atoms with Gasteiger partial charge in [0.05, 0.1) is 6.54 Å². The smallest absolute Gasteiger partial charge is 0.315 e. The molecule has 5 N–H and O–H groups in total. The molecule has 0 heterocycles. The van der Waals surface area contributed by atoms with Crippen molar-refractivity contribution in [2.24, 2.45) is 5.73 Å². The molecule has 1 aliphatic rings. The molecule has 74 valence electrons. The molecule has 0 radical (unpaired) electrons. The zero-order chi connectivity index (χ0) is 9.68. The highest BCUT2D eigenvalue weighted by atomic mass is 16.2. The number of hydrogen-bond donors (Lipinski definition) is 4. The molecule has 0 atom stereocenters. The molecule has 5 heteroatoms. The Balaban J connectivity index is 2.13. The highest BCUT2D eigenvalue weighted by molar-refractivity contribution is 5.84. The van der Waals surface area contributed by atoms with Crippen LogP contribution >= 0.6 is 0 Å². The van der Waals surface area contributed by atoms with Gasteiger partial charge in [-0.25, -0.2) is 4.79 Å². The van der Waals surface area contributed by atoms with Crippen molar-refractivity contribution in [3.63, 3.8) is 0 Å². The van der Waals surface area contributed by atoms with E-state index in [1.54, 1.807) is 0 Å². The molecule has 0 aromatic heterocycles. The number of nitrogens with one attached hydrogen (secondary N) is 3. The summed E-state index contributed by atoms with van der Waals surface area (Å²) in [6.45, 7) is 0.124. The van der Waals surface area contributed by atoms with Crippen molar-refractivity contribution < 1.29 is 4.79 Å². The zero-order valence-electron chi connectivity index (χ0n) is 7.60. The van der Waals surface area contributed by atoms with E-state index in [0.29, 0.717) is 6.04 Å². The Morgan fingerprint density at radius 1 is 1.46 bits per heavy atom. The first kappa shape index (κ1) is 9.83. The minimum Gasteiger partial charge on any atom is -0.386 e. The van der Waals surface area contributed by atoms with Crippen LogP contribution in [-0.4, -0.2) is 24.5 Å². The molecule has 1 saturated carbocycles. The van der Waals surface area contributed by atoms with Crippen LogP contribution in [0.3, 0.4) is 0 Å². The summed E-state index contributed by atoms with van der Waals surface area (Å²) in [6, 6.07) is 0.0917. The van der Waals surface area contributed by atoms with Crippen LogP contribution in [-0.2, 0) is 0 Å². The summed E-state index contributed by atoms with van der Waals surface area (Å²) in [5, 5.41) is 12.2. The first-order valence-electron chi connectivity index (χ1n) is 4.56.